The molecule has 0 saturated carbocycles. The van der Waals surface area contributed by atoms with Crippen molar-refractivity contribution in [3.63, 3.8) is 0 Å². The van der Waals surface area contributed by atoms with Gasteiger partial charge in [-0.05, 0) is 20.8 Å². The van der Waals surface area contributed by atoms with Gasteiger partial charge >= 0.3 is 5.97 Å². The number of hydrogen-bond donors (Lipinski definition) is 2. The molecule has 2 atom stereocenters. The van der Waals surface area contributed by atoms with Crippen LogP contribution in [0.5, 0.6) is 0 Å². The molecule has 0 bridgehead atoms. The summed E-state index contributed by atoms with van der Waals surface area (Å²) < 4.78 is 0. The average Bonchev–Trinajstić information content (AvgIpc) is 2.27. The van der Waals surface area contributed by atoms with Crippen molar-refractivity contribution in [2.45, 2.75) is 38.9 Å². The number of carboxylic acids is 1. The summed E-state index contributed by atoms with van der Waals surface area (Å²) >= 11 is 1.62. The smallest absolute Gasteiger partial charge is 0.321 e. The molecule has 2 N–H and O–H groups in total. The van der Waals surface area contributed by atoms with Crippen LogP contribution in [-0.4, -0.2) is 58.1 Å². The molecule has 0 aliphatic carbocycles. The second-order valence-corrected chi connectivity index (χ2v) is 5.66. The number of carbonyl (C=O) groups is 2. The van der Waals surface area contributed by atoms with Crippen molar-refractivity contribution in [2.24, 2.45) is 0 Å². The predicted octanol–water partition coefficient (Wildman–Crippen LogP) is 0.401. The molecule has 0 radical (unpaired) electrons. The van der Waals surface area contributed by atoms with Crippen LogP contribution in [-0.2, 0) is 9.59 Å². The minimum absolute atomic E-state index is 0.0763. The van der Waals surface area contributed by atoms with E-state index in [0.29, 0.717) is 12.3 Å². The standard InChI is InChI=1S/C11H20N2O3S/c1-7(2)12-10(14)8(3)13-4-5-17-6-9(13)11(15)16/h7-9H,4-6H2,1-3H3,(H,12,14)(H,15,16). The lowest BCUT2D eigenvalue weighted by molar-refractivity contribution is -0.144. The van der Waals surface area contributed by atoms with Crippen molar-refractivity contribution >= 4 is 23.6 Å². The molecule has 0 aromatic heterocycles. The van der Waals surface area contributed by atoms with Crippen molar-refractivity contribution in [3.05, 3.63) is 0 Å². The zero-order valence-electron chi connectivity index (χ0n) is 10.5. The number of nitrogens with zero attached hydrogens (tertiary/aromatic N) is 1. The van der Waals surface area contributed by atoms with Crippen LogP contribution < -0.4 is 5.32 Å². The van der Waals surface area contributed by atoms with Crippen molar-refractivity contribution in [3.8, 4) is 0 Å². The van der Waals surface area contributed by atoms with Gasteiger partial charge in [0.05, 0.1) is 6.04 Å². The highest BCUT2D eigenvalue weighted by Crippen LogP contribution is 2.19. The Balaban J connectivity index is 2.67. The third-order valence-electron chi connectivity index (χ3n) is 2.76. The second kappa shape index (κ2) is 6.26. The lowest BCUT2D eigenvalue weighted by Crippen LogP contribution is -2.56. The summed E-state index contributed by atoms with van der Waals surface area (Å²) in [5.74, 6) is 0.483. The molecule has 98 valence electrons. The van der Waals surface area contributed by atoms with Crippen molar-refractivity contribution in [1.82, 2.24) is 10.2 Å². The maximum Gasteiger partial charge on any atom is 0.321 e. The minimum Gasteiger partial charge on any atom is -0.480 e. The summed E-state index contributed by atoms with van der Waals surface area (Å²) in [4.78, 5) is 24.8. The zero-order chi connectivity index (χ0) is 13.0. The highest BCUT2D eigenvalue weighted by molar-refractivity contribution is 7.99. The monoisotopic (exact) mass is 260 g/mol. The number of carboxylic acid groups (broad SMARTS) is 1. The van der Waals surface area contributed by atoms with Gasteiger partial charge in [0.1, 0.15) is 6.04 Å². The summed E-state index contributed by atoms with van der Waals surface area (Å²) in [6.45, 7) is 6.20. The van der Waals surface area contributed by atoms with E-state index in [-0.39, 0.29) is 18.0 Å². The Morgan fingerprint density at radius 3 is 2.59 bits per heavy atom. The number of amides is 1. The van der Waals surface area contributed by atoms with E-state index in [0.717, 1.165) is 5.75 Å². The van der Waals surface area contributed by atoms with Gasteiger partial charge in [-0.15, -0.1) is 0 Å². The molecule has 0 spiro atoms. The van der Waals surface area contributed by atoms with Gasteiger partial charge in [-0.3, -0.25) is 14.5 Å². The summed E-state index contributed by atoms with van der Waals surface area (Å²) in [5.41, 5.74) is 0. The molecule has 5 nitrogen and oxygen atoms in total. The first-order chi connectivity index (χ1) is 7.93. The molecule has 1 saturated heterocycles. The first kappa shape index (κ1) is 14.3. The Morgan fingerprint density at radius 2 is 2.06 bits per heavy atom. The van der Waals surface area contributed by atoms with Crippen LogP contribution in [0.25, 0.3) is 0 Å². The molecule has 17 heavy (non-hydrogen) atoms. The lowest BCUT2D eigenvalue weighted by Gasteiger charge is -2.36. The van der Waals surface area contributed by atoms with Gasteiger partial charge in [0.2, 0.25) is 5.91 Å². The second-order valence-electron chi connectivity index (χ2n) is 4.51. The van der Waals surface area contributed by atoms with Gasteiger partial charge in [0, 0.05) is 24.1 Å². The number of aliphatic carboxylic acids is 1. The normalized spacial score (nSPS) is 23.4. The molecule has 2 unspecified atom stereocenters. The van der Waals surface area contributed by atoms with E-state index < -0.39 is 12.0 Å². The highest BCUT2D eigenvalue weighted by Gasteiger charge is 2.34. The molecule has 1 fully saturated rings. The zero-order valence-corrected chi connectivity index (χ0v) is 11.3. The number of carbonyl (C=O) groups excluding carboxylic acids is 1. The fourth-order valence-electron chi connectivity index (χ4n) is 1.85. The van der Waals surface area contributed by atoms with Crippen molar-refractivity contribution in [1.29, 1.82) is 0 Å². The molecule has 0 aromatic carbocycles. The Kier molecular flexibility index (Phi) is 5.27. The van der Waals surface area contributed by atoms with Crippen LogP contribution in [0.15, 0.2) is 0 Å². The molecule has 6 heteroatoms. The Morgan fingerprint density at radius 1 is 1.41 bits per heavy atom. The highest BCUT2D eigenvalue weighted by atomic mass is 32.2. The van der Waals surface area contributed by atoms with E-state index >= 15 is 0 Å². The Labute approximate surface area is 106 Å². The largest absolute Gasteiger partial charge is 0.480 e. The van der Waals surface area contributed by atoms with Crippen LogP contribution in [0.3, 0.4) is 0 Å². The molecule has 1 rings (SSSR count). The van der Waals surface area contributed by atoms with Crippen molar-refractivity contribution < 1.29 is 14.7 Å². The van der Waals surface area contributed by atoms with Gasteiger partial charge in [0.15, 0.2) is 0 Å². The number of hydrogen-bond acceptors (Lipinski definition) is 4. The minimum atomic E-state index is -0.846. The van der Waals surface area contributed by atoms with E-state index in [1.165, 1.54) is 0 Å². The average molecular weight is 260 g/mol. The van der Waals surface area contributed by atoms with E-state index in [9.17, 15) is 9.59 Å². The van der Waals surface area contributed by atoms with Crippen LogP contribution in [0.4, 0.5) is 0 Å². The van der Waals surface area contributed by atoms with Gasteiger partial charge in [-0.2, -0.15) is 11.8 Å². The van der Waals surface area contributed by atoms with Crippen LogP contribution in [0.1, 0.15) is 20.8 Å². The molecule has 1 heterocycles. The summed E-state index contributed by atoms with van der Waals surface area (Å²) in [5, 5.41) is 12.0. The van der Waals surface area contributed by atoms with Crippen LogP contribution in [0.2, 0.25) is 0 Å². The molecule has 0 aromatic rings. The Hall–Kier alpha value is -0.750. The van der Waals surface area contributed by atoms with E-state index in [2.05, 4.69) is 5.32 Å². The third-order valence-corrected chi connectivity index (χ3v) is 3.79. The predicted molar refractivity (Wildman–Crippen MR) is 68.2 cm³/mol. The fraction of sp³-hybridized carbons (Fsp3) is 0.818. The summed E-state index contributed by atoms with van der Waals surface area (Å²) in [6, 6.07) is -0.867. The molecule has 1 aliphatic rings. The lowest BCUT2D eigenvalue weighted by atomic mass is 10.1. The summed E-state index contributed by atoms with van der Waals surface area (Å²) in [6.07, 6.45) is 0. The van der Waals surface area contributed by atoms with Gasteiger partial charge in [-0.1, -0.05) is 0 Å². The van der Waals surface area contributed by atoms with Gasteiger partial charge in [-0.25, -0.2) is 0 Å². The topological polar surface area (TPSA) is 69.6 Å². The van der Waals surface area contributed by atoms with Gasteiger partial charge in [0.25, 0.3) is 0 Å². The molecule has 1 amide bonds. The molecule has 1 aliphatic heterocycles. The van der Waals surface area contributed by atoms with E-state index in [1.807, 2.05) is 13.8 Å². The summed E-state index contributed by atoms with van der Waals surface area (Å²) in [7, 11) is 0. The SMILES string of the molecule is CC(C)NC(=O)C(C)N1CCSCC1C(=O)O. The van der Waals surface area contributed by atoms with Crippen LogP contribution >= 0.6 is 11.8 Å². The van der Waals surface area contributed by atoms with E-state index in [1.54, 1.807) is 23.6 Å². The molecular weight excluding hydrogens is 240 g/mol. The van der Waals surface area contributed by atoms with Crippen molar-refractivity contribution in [2.75, 3.05) is 18.1 Å². The molecular formula is C11H20N2O3S. The van der Waals surface area contributed by atoms with Crippen LogP contribution in [0, 0.1) is 0 Å². The third kappa shape index (κ3) is 3.89. The first-order valence-corrected chi connectivity index (χ1v) is 6.95. The fourth-order valence-corrected chi connectivity index (χ4v) is 2.91. The maximum absolute atomic E-state index is 11.9. The Bertz CT molecular complexity index is 296. The number of rotatable bonds is 4. The number of thioether (sulfide) groups is 1. The first-order valence-electron chi connectivity index (χ1n) is 5.80. The van der Waals surface area contributed by atoms with Gasteiger partial charge < -0.3 is 10.4 Å². The maximum atomic E-state index is 11.9. The number of nitrogens with one attached hydrogen (secondary N) is 1. The quantitative estimate of drug-likeness (QED) is 0.766. The van der Waals surface area contributed by atoms with E-state index in [4.69, 9.17) is 5.11 Å².